The Labute approximate surface area is 118 Å². The summed E-state index contributed by atoms with van der Waals surface area (Å²) in [6.07, 6.45) is 3.77. The predicted molar refractivity (Wildman–Crippen MR) is 80.3 cm³/mol. The van der Waals surface area contributed by atoms with E-state index in [1.165, 1.54) is 6.42 Å². The van der Waals surface area contributed by atoms with Crippen molar-refractivity contribution < 1.29 is 14.6 Å². The van der Waals surface area contributed by atoms with Crippen LogP contribution in [0.2, 0.25) is 0 Å². The second kappa shape index (κ2) is 12.1. The van der Waals surface area contributed by atoms with Gasteiger partial charge in [-0.05, 0) is 33.7 Å². The normalized spacial score (nSPS) is 12.9. The van der Waals surface area contributed by atoms with Gasteiger partial charge in [-0.3, -0.25) is 4.79 Å². The van der Waals surface area contributed by atoms with Crippen LogP contribution < -0.4 is 5.32 Å². The monoisotopic (exact) mass is 295 g/mol. The first-order valence-electron chi connectivity index (χ1n) is 6.34. The van der Waals surface area contributed by atoms with Crippen LogP contribution in [0.25, 0.3) is 0 Å². The molecule has 0 radical (unpaired) electrons. The van der Waals surface area contributed by atoms with E-state index >= 15 is 0 Å². The third kappa shape index (κ3) is 11.2. The summed E-state index contributed by atoms with van der Waals surface area (Å²) in [7, 11) is 5.06. The van der Waals surface area contributed by atoms with E-state index in [4.69, 9.17) is 9.84 Å². The molecule has 4 nitrogen and oxygen atoms in total. The quantitative estimate of drug-likeness (QED) is 0.426. The molecule has 18 heavy (non-hydrogen) atoms. The lowest BCUT2D eigenvalue weighted by molar-refractivity contribution is -0.138. The zero-order chi connectivity index (χ0) is 13.8. The van der Waals surface area contributed by atoms with Crippen LogP contribution in [0.5, 0.6) is 0 Å². The van der Waals surface area contributed by atoms with Crippen molar-refractivity contribution in [2.75, 3.05) is 25.2 Å². The molecule has 1 atom stereocenters. The average molecular weight is 295 g/mol. The second-order valence-corrected chi connectivity index (χ2v) is 6.89. The summed E-state index contributed by atoms with van der Waals surface area (Å²) in [5, 5.41) is 11.6. The number of carbonyl (C=O) groups is 1. The van der Waals surface area contributed by atoms with Gasteiger partial charge in [0.1, 0.15) is 6.04 Å². The molecule has 1 unspecified atom stereocenters. The van der Waals surface area contributed by atoms with Gasteiger partial charge in [0, 0.05) is 18.1 Å². The maximum absolute atomic E-state index is 10.7. The number of hydrogen-bond donors (Lipinski definition) is 2. The van der Waals surface area contributed by atoms with Crippen molar-refractivity contribution in [1.82, 2.24) is 5.32 Å². The zero-order valence-corrected chi connectivity index (χ0v) is 13.1. The molecule has 0 spiro atoms. The molecule has 0 aliphatic carbocycles. The average Bonchev–Trinajstić information content (AvgIpc) is 2.31. The van der Waals surface area contributed by atoms with Crippen molar-refractivity contribution in [3.63, 3.8) is 0 Å². The van der Waals surface area contributed by atoms with Crippen molar-refractivity contribution in [2.24, 2.45) is 0 Å². The molecule has 0 saturated heterocycles. The number of hydrogen-bond acceptors (Lipinski definition) is 5. The zero-order valence-electron chi connectivity index (χ0n) is 11.5. The molecule has 0 aliphatic heterocycles. The van der Waals surface area contributed by atoms with E-state index in [0.717, 1.165) is 25.2 Å². The van der Waals surface area contributed by atoms with E-state index in [1.807, 2.05) is 13.8 Å². The Balaban J connectivity index is 3.23. The maximum Gasteiger partial charge on any atom is 0.321 e. The summed E-state index contributed by atoms with van der Waals surface area (Å²) in [6.45, 7) is 4.94. The van der Waals surface area contributed by atoms with Gasteiger partial charge in [-0.25, -0.2) is 0 Å². The van der Waals surface area contributed by atoms with E-state index in [1.54, 1.807) is 28.6 Å². The summed E-state index contributed by atoms with van der Waals surface area (Å²) in [4.78, 5) is 10.7. The van der Waals surface area contributed by atoms with E-state index in [0.29, 0.717) is 11.9 Å². The van der Waals surface area contributed by atoms with Gasteiger partial charge in [-0.1, -0.05) is 28.0 Å². The highest BCUT2D eigenvalue weighted by Gasteiger charge is 2.14. The Morgan fingerprint density at radius 3 is 2.56 bits per heavy atom. The second-order valence-electron chi connectivity index (χ2n) is 4.27. The van der Waals surface area contributed by atoms with Crippen LogP contribution in [0, 0.1) is 0 Å². The molecule has 0 aromatic heterocycles. The third-order valence-corrected chi connectivity index (χ3v) is 4.79. The lowest BCUT2D eigenvalue weighted by Gasteiger charge is -2.09. The van der Waals surface area contributed by atoms with Crippen molar-refractivity contribution in [3.05, 3.63) is 0 Å². The summed E-state index contributed by atoms with van der Waals surface area (Å²) < 4.78 is 5.46. The number of unbranched alkanes of at least 4 members (excludes halogenated alkanes) is 2. The summed E-state index contributed by atoms with van der Waals surface area (Å²) in [5.74, 6) is 0.895. The highest BCUT2D eigenvalue weighted by Crippen LogP contribution is 2.23. The third-order valence-electron chi connectivity index (χ3n) is 2.29. The standard InChI is InChI=1S/C12H25NO3S2/c1-10(2)16-7-5-4-6-8-17-18-9-11(13-3)12(14)15/h10-11,13H,4-9H2,1-3H3,(H,14,15). The van der Waals surface area contributed by atoms with Gasteiger partial charge in [-0.15, -0.1) is 0 Å². The largest absolute Gasteiger partial charge is 0.480 e. The molecule has 6 heteroatoms. The lowest BCUT2D eigenvalue weighted by atomic mass is 10.3. The Kier molecular flexibility index (Phi) is 12.2. The van der Waals surface area contributed by atoms with Crippen LogP contribution >= 0.6 is 21.6 Å². The first kappa shape index (κ1) is 18.1. The minimum atomic E-state index is -0.781. The minimum Gasteiger partial charge on any atom is -0.480 e. The fourth-order valence-corrected chi connectivity index (χ4v) is 3.60. The lowest BCUT2D eigenvalue weighted by Crippen LogP contribution is -2.35. The Hall–Kier alpha value is 0.0900. The van der Waals surface area contributed by atoms with Gasteiger partial charge in [0.05, 0.1) is 6.10 Å². The van der Waals surface area contributed by atoms with Crippen molar-refractivity contribution in [2.45, 2.75) is 45.3 Å². The molecule has 0 aromatic rings. The fraction of sp³-hybridized carbons (Fsp3) is 0.917. The van der Waals surface area contributed by atoms with Crippen LogP contribution in [-0.2, 0) is 9.53 Å². The van der Waals surface area contributed by atoms with Crippen molar-refractivity contribution in [3.8, 4) is 0 Å². The maximum atomic E-state index is 10.7. The summed E-state index contributed by atoms with van der Waals surface area (Å²) in [6, 6.07) is -0.443. The van der Waals surface area contributed by atoms with E-state index in [2.05, 4.69) is 5.32 Å². The van der Waals surface area contributed by atoms with Gasteiger partial charge in [0.25, 0.3) is 0 Å². The Bertz CT molecular complexity index is 215. The highest BCUT2D eigenvalue weighted by atomic mass is 33.1. The SMILES string of the molecule is CNC(CSSCCCCCOC(C)C)C(=O)O. The molecule has 0 saturated carbocycles. The molecule has 0 amide bonds. The van der Waals surface area contributed by atoms with Crippen LogP contribution in [0.4, 0.5) is 0 Å². The van der Waals surface area contributed by atoms with Crippen molar-refractivity contribution in [1.29, 1.82) is 0 Å². The van der Waals surface area contributed by atoms with Gasteiger partial charge in [0.2, 0.25) is 0 Å². The first-order chi connectivity index (χ1) is 8.57. The van der Waals surface area contributed by atoms with Gasteiger partial charge < -0.3 is 15.2 Å². The fourth-order valence-electron chi connectivity index (χ4n) is 1.21. The predicted octanol–water partition coefficient (Wildman–Crippen LogP) is 2.64. The first-order valence-corrected chi connectivity index (χ1v) is 8.82. The van der Waals surface area contributed by atoms with Crippen molar-refractivity contribution >= 4 is 27.6 Å². The molecule has 0 aliphatic rings. The molecule has 2 N–H and O–H groups in total. The van der Waals surface area contributed by atoms with Crippen LogP contribution in [0.3, 0.4) is 0 Å². The molecule has 0 rings (SSSR count). The summed E-state index contributed by atoms with van der Waals surface area (Å²) in [5.41, 5.74) is 0. The van der Waals surface area contributed by atoms with Crippen LogP contribution in [0.15, 0.2) is 0 Å². The summed E-state index contributed by atoms with van der Waals surface area (Å²) >= 11 is 0. The number of ether oxygens (including phenoxy) is 1. The van der Waals surface area contributed by atoms with Crippen LogP contribution in [-0.4, -0.2) is 48.4 Å². The number of nitrogens with one attached hydrogen (secondary N) is 1. The number of likely N-dealkylation sites (N-methyl/N-ethyl adjacent to an activating group) is 1. The van der Waals surface area contributed by atoms with Crippen LogP contribution in [0.1, 0.15) is 33.1 Å². The molecule has 0 heterocycles. The smallest absolute Gasteiger partial charge is 0.321 e. The number of aliphatic carboxylic acids is 1. The molecular formula is C12H25NO3S2. The number of carboxylic acid groups (broad SMARTS) is 1. The number of rotatable bonds is 12. The van der Waals surface area contributed by atoms with E-state index < -0.39 is 12.0 Å². The van der Waals surface area contributed by atoms with E-state index in [-0.39, 0.29) is 0 Å². The molecule has 0 bridgehead atoms. The van der Waals surface area contributed by atoms with Gasteiger partial charge >= 0.3 is 5.97 Å². The van der Waals surface area contributed by atoms with Gasteiger partial charge in [0.15, 0.2) is 0 Å². The highest BCUT2D eigenvalue weighted by molar-refractivity contribution is 8.76. The Morgan fingerprint density at radius 1 is 1.28 bits per heavy atom. The molecule has 0 aromatic carbocycles. The molecule has 108 valence electrons. The minimum absolute atomic E-state index is 0.324. The topological polar surface area (TPSA) is 58.6 Å². The molecule has 0 fully saturated rings. The van der Waals surface area contributed by atoms with Gasteiger partial charge in [-0.2, -0.15) is 0 Å². The van der Waals surface area contributed by atoms with E-state index in [9.17, 15) is 4.79 Å². The Morgan fingerprint density at radius 2 is 2.00 bits per heavy atom. The molecular weight excluding hydrogens is 270 g/mol. The number of carboxylic acids is 1.